The average molecular weight is 627 g/mol. The summed E-state index contributed by atoms with van der Waals surface area (Å²) in [5, 5.41) is 3.24. The first-order valence-electron chi connectivity index (χ1n) is 15.6. The van der Waals surface area contributed by atoms with Crippen LogP contribution in [-0.2, 0) is 22.5 Å². The number of hydrogen-bond acceptors (Lipinski definition) is 6. The predicted octanol–water partition coefficient (Wildman–Crippen LogP) is 7.23. The summed E-state index contributed by atoms with van der Waals surface area (Å²) in [6.45, 7) is 1.50. The molecule has 238 valence electrons. The van der Waals surface area contributed by atoms with E-state index in [2.05, 4.69) is 5.32 Å². The fourth-order valence-electron chi connectivity index (χ4n) is 5.30. The lowest BCUT2D eigenvalue weighted by Gasteiger charge is -2.23. The van der Waals surface area contributed by atoms with Crippen molar-refractivity contribution in [1.29, 1.82) is 0 Å². The molecule has 0 saturated carbocycles. The first kappa shape index (κ1) is 32.7. The van der Waals surface area contributed by atoms with Gasteiger partial charge in [0.2, 0.25) is 0 Å². The number of anilines is 1. The van der Waals surface area contributed by atoms with Gasteiger partial charge in [-0.05, 0) is 53.9 Å². The van der Waals surface area contributed by atoms with Crippen LogP contribution in [0.15, 0.2) is 140 Å². The predicted molar refractivity (Wildman–Crippen MR) is 184 cm³/mol. The van der Waals surface area contributed by atoms with Gasteiger partial charge >= 0.3 is 5.97 Å². The van der Waals surface area contributed by atoms with Gasteiger partial charge in [0.1, 0.15) is 11.8 Å². The Morgan fingerprint density at radius 1 is 0.681 bits per heavy atom. The molecular formula is C40H38N2O5. The Morgan fingerprint density at radius 3 is 1.94 bits per heavy atom. The molecule has 5 rings (SSSR count). The van der Waals surface area contributed by atoms with Gasteiger partial charge in [0.15, 0.2) is 5.78 Å². The number of esters is 1. The van der Waals surface area contributed by atoms with Crippen LogP contribution in [0.1, 0.15) is 43.8 Å². The number of nitrogens with zero attached hydrogens (tertiary/aromatic N) is 1. The van der Waals surface area contributed by atoms with Gasteiger partial charge in [0.25, 0.3) is 5.91 Å². The molecule has 0 aliphatic heterocycles. The highest BCUT2D eigenvalue weighted by molar-refractivity contribution is 6.12. The van der Waals surface area contributed by atoms with Crippen molar-refractivity contribution in [3.8, 4) is 5.75 Å². The second-order valence-corrected chi connectivity index (χ2v) is 11.1. The molecule has 47 heavy (non-hydrogen) atoms. The Labute approximate surface area is 275 Å². The van der Waals surface area contributed by atoms with Gasteiger partial charge in [-0.15, -0.1) is 0 Å². The van der Waals surface area contributed by atoms with E-state index in [0.29, 0.717) is 60.7 Å². The van der Waals surface area contributed by atoms with Crippen molar-refractivity contribution in [2.24, 2.45) is 0 Å². The fraction of sp³-hybridized carbons (Fsp3) is 0.175. The lowest BCUT2D eigenvalue weighted by Crippen LogP contribution is -2.33. The number of carbonyl (C=O) groups excluding carboxylic acids is 3. The number of carbonyl (C=O) groups is 3. The van der Waals surface area contributed by atoms with Gasteiger partial charge in [0.05, 0.1) is 13.7 Å². The maximum Gasteiger partial charge on any atom is 0.328 e. The molecule has 0 unspecified atom stereocenters. The zero-order valence-electron chi connectivity index (χ0n) is 26.4. The minimum atomic E-state index is -0.714. The highest BCUT2D eigenvalue weighted by Gasteiger charge is 2.23. The average Bonchev–Trinajstić information content (AvgIpc) is 3.13. The minimum absolute atomic E-state index is 0.0142. The molecule has 1 atom stereocenters. The zero-order chi connectivity index (χ0) is 32.8. The monoisotopic (exact) mass is 626 g/mol. The maximum atomic E-state index is 13.3. The van der Waals surface area contributed by atoms with E-state index >= 15 is 0 Å². The molecule has 5 aromatic rings. The molecule has 0 saturated heterocycles. The van der Waals surface area contributed by atoms with E-state index in [-0.39, 0.29) is 11.7 Å². The second kappa shape index (κ2) is 16.6. The normalized spacial score (nSPS) is 11.3. The number of ketones is 1. The molecule has 0 bridgehead atoms. The van der Waals surface area contributed by atoms with Crippen molar-refractivity contribution in [2.45, 2.75) is 25.4 Å². The van der Waals surface area contributed by atoms with Gasteiger partial charge in [-0.2, -0.15) is 0 Å². The van der Waals surface area contributed by atoms with Gasteiger partial charge in [-0.25, -0.2) is 4.79 Å². The first-order chi connectivity index (χ1) is 23.0. The van der Waals surface area contributed by atoms with Crippen molar-refractivity contribution in [2.75, 3.05) is 25.6 Å². The zero-order valence-corrected chi connectivity index (χ0v) is 26.4. The number of para-hydroxylation sites is 1. The van der Waals surface area contributed by atoms with E-state index in [1.807, 2.05) is 114 Å². The van der Waals surface area contributed by atoms with E-state index in [1.54, 1.807) is 30.3 Å². The third-order valence-corrected chi connectivity index (χ3v) is 7.75. The fourth-order valence-corrected chi connectivity index (χ4v) is 5.30. The molecular weight excluding hydrogens is 588 g/mol. The van der Waals surface area contributed by atoms with E-state index in [0.717, 1.165) is 11.1 Å². The lowest BCUT2D eigenvalue weighted by atomic mass is 10.00. The molecule has 1 N–H and O–H groups in total. The molecule has 1 amide bonds. The lowest BCUT2D eigenvalue weighted by molar-refractivity contribution is -0.141. The van der Waals surface area contributed by atoms with Crippen molar-refractivity contribution in [3.63, 3.8) is 0 Å². The van der Waals surface area contributed by atoms with Gasteiger partial charge in [-0.3, -0.25) is 9.59 Å². The molecule has 0 aromatic heterocycles. The molecule has 7 nitrogen and oxygen atoms in total. The minimum Gasteiger partial charge on any atom is -0.494 e. The smallest absolute Gasteiger partial charge is 0.328 e. The molecule has 7 heteroatoms. The van der Waals surface area contributed by atoms with Crippen molar-refractivity contribution in [3.05, 3.63) is 167 Å². The summed E-state index contributed by atoms with van der Waals surface area (Å²) < 4.78 is 11.1. The van der Waals surface area contributed by atoms with E-state index in [9.17, 15) is 14.4 Å². The van der Waals surface area contributed by atoms with Crippen LogP contribution < -0.4 is 10.1 Å². The van der Waals surface area contributed by atoms with Crippen LogP contribution in [0.5, 0.6) is 5.75 Å². The van der Waals surface area contributed by atoms with Crippen molar-refractivity contribution < 1.29 is 23.9 Å². The number of ether oxygens (including phenoxy) is 2. The number of rotatable bonds is 15. The summed E-state index contributed by atoms with van der Waals surface area (Å²) in [6, 6.07) is 42.3. The number of hydrogen-bond donors (Lipinski definition) is 1. The van der Waals surface area contributed by atoms with E-state index in [1.165, 1.54) is 7.11 Å². The third-order valence-electron chi connectivity index (χ3n) is 7.75. The highest BCUT2D eigenvalue weighted by Crippen LogP contribution is 2.22. The Kier molecular flexibility index (Phi) is 11.5. The van der Waals surface area contributed by atoms with Gasteiger partial charge in [-0.1, -0.05) is 103 Å². The van der Waals surface area contributed by atoms with Crippen LogP contribution in [0.4, 0.5) is 5.69 Å². The number of nitrogens with one attached hydrogen (secondary N) is 1. The highest BCUT2D eigenvalue weighted by atomic mass is 16.5. The number of methoxy groups -OCH3 is 1. The molecule has 0 fully saturated rings. The van der Waals surface area contributed by atoms with Crippen LogP contribution in [0.25, 0.3) is 0 Å². The second-order valence-electron chi connectivity index (χ2n) is 11.1. The summed E-state index contributed by atoms with van der Waals surface area (Å²) in [5.41, 5.74) is 4.23. The molecule has 5 aromatic carbocycles. The largest absolute Gasteiger partial charge is 0.494 e. The Morgan fingerprint density at radius 2 is 1.28 bits per heavy atom. The Bertz CT molecular complexity index is 1740. The Balaban J connectivity index is 1.18. The Hall–Kier alpha value is -5.69. The quantitative estimate of drug-likeness (QED) is 0.0750. The summed E-state index contributed by atoms with van der Waals surface area (Å²) in [5.74, 6) is 0.114. The van der Waals surface area contributed by atoms with Crippen LogP contribution in [-0.4, -0.2) is 48.9 Å². The van der Waals surface area contributed by atoms with Crippen LogP contribution >= 0.6 is 0 Å². The van der Waals surface area contributed by atoms with Crippen LogP contribution in [0.2, 0.25) is 0 Å². The number of benzene rings is 5. The summed E-state index contributed by atoms with van der Waals surface area (Å²) in [4.78, 5) is 41.1. The van der Waals surface area contributed by atoms with Gasteiger partial charge in [0, 0.05) is 41.9 Å². The summed E-state index contributed by atoms with van der Waals surface area (Å²) in [6.07, 6.45) is 0.999. The van der Waals surface area contributed by atoms with Crippen molar-refractivity contribution >= 4 is 23.3 Å². The van der Waals surface area contributed by atoms with Gasteiger partial charge < -0.3 is 19.7 Å². The molecule has 0 heterocycles. The van der Waals surface area contributed by atoms with Crippen molar-refractivity contribution in [1.82, 2.24) is 4.90 Å². The standard InChI is InChI=1S/C40H38N2O5/c1-46-40(45)37(41-36-21-12-11-20-35(36)38(43)32-16-7-3-8-17-32)28-30-22-24-34(25-23-30)47-27-13-26-42(29-31-14-5-2-6-15-31)39(44)33-18-9-4-10-19-33/h2-12,14-25,37,41H,13,26-29H2,1H3/t37-/m0/s1. The molecule has 0 radical (unpaired) electrons. The van der Waals surface area contributed by atoms with Crippen LogP contribution in [0.3, 0.4) is 0 Å². The summed E-state index contributed by atoms with van der Waals surface area (Å²) >= 11 is 0. The molecule has 0 spiro atoms. The molecule has 0 aliphatic carbocycles. The van der Waals surface area contributed by atoms with E-state index < -0.39 is 12.0 Å². The van der Waals surface area contributed by atoms with E-state index in [4.69, 9.17) is 9.47 Å². The third kappa shape index (κ3) is 9.17. The molecule has 0 aliphatic rings. The summed E-state index contributed by atoms with van der Waals surface area (Å²) in [7, 11) is 1.35. The first-order valence-corrected chi connectivity index (χ1v) is 15.6. The topological polar surface area (TPSA) is 84.9 Å². The number of amides is 1. The maximum absolute atomic E-state index is 13.3. The van der Waals surface area contributed by atoms with Crippen LogP contribution in [0, 0.1) is 0 Å². The SMILES string of the molecule is COC(=O)[C@H](Cc1ccc(OCCCN(Cc2ccccc2)C(=O)c2ccccc2)cc1)Nc1ccccc1C(=O)c1ccccc1.